The summed E-state index contributed by atoms with van der Waals surface area (Å²) in [7, 11) is 0. The number of amides is 1. The summed E-state index contributed by atoms with van der Waals surface area (Å²) < 4.78 is 21.0. The van der Waals surface area contributed by atoms with E-state index in [4.69, 9.17) is 4.74 Å². The van der Waals surface area contributed by atoms with E-state index in [2.05, 4.69) is 44.0 Å². The monoisotopic (exact) mass is 486 g/mol. The van der Waals surface area contributed by atoms with Crippen molar-refractivity contribution >= 4 is 40.0 Å². The summed E-state index contributed by atoms with van der Waals surface area (Å²) in [6.45, 7) is 7.41. The Morgan fingerprint density at radius 3 is 2.78 bits per heavy atom. The standard InChI is InChI=1S/C27H27FN6O2/c1-3-24(35)30-18-5-4-6-20(15-18)36-26-21-9-12-29-25(21)32-27(33-26)31-19-7-8-23(22(28)16-19)34-13-10-17(2)11-14-34/h3-9,12,15-17H,1,10-11,13-14H2,2H3,(H,30,35)(H2,29,31,32,33). The quantitative estimate of drug-likeness (QED) is 0.278. The number of ether oxygens (including phenoxy) is 1. The van der Waals surface area contributed by atoms with Gasteiger partial charge in [-0.1, -0.05) is 19.6 Å². The van der Waals surface area contributed by atoms with Crippen LogP contribution in [-0.4, -0.2) is 33.9 Å². The zero-order valence-corrected chi connectivity index (χ0v) is 19.9. The molecule has 1 aliphatic heterocycles. The van der Waals surface area contributed by atoms with E-state index < -0.39 is 0 Å². The Labute approximate surface area is 208 Å². The second-order valence-corrected chi connectivity index (χ2v) is 8.88. The smallest absolute Gasteiger partial charge is 0.247 e. The van der Waals surface area contributed by atoms with E-state index in [0.717, 1.165) is 25.9 Å². The van der Waals surface area contributed by atoms with Crippen LogP contribution in [0.1, 0.15) is 19.8 Å². The molecule has 4 aromatic rings. The number of nitrogens with one attached hydrogen (secondary N) is 3. The Balaban J connectivity index is 1.37. The molecule has 1 aliphatic rings. The van der Waals surface area contributed by atoms with Crippen LogP contribution < -0.4 is 20.3 Å². The highest BCUT2D eigenvalue weighted by atomic mass is 19.1. The van der Waals surface area contributed by atoms with Crippen LogP contribution in [0.5, 0.6) is 11.6 Å². The van der Waals surface area contributed by atoms with Crippen molar-refractivity contribution in [2.75, 3.05) is 28.6 Å². The van der Waals surface area contributed by atoms with E-state index in [-0.39, 0.29) is 17.7 Å². The van der Waals surface area contributed by atoms with Crippen LogP contribution in [-0.2, 0) is 4.79 Å². The number of anilines is 4. The Kier molecular flexibility index (Phi) is 6.53. The van der Waals surface area contributed by atoms with Crippen LogP contribution in [0.2, 0.25) is 0 Å². The molecule has 36 heavy (non-hydrogen) atoms. The molecule has 0 radical (unpaired) electrons. The van der Waals surface area contributed by atoms with Crippen molar-refractivity contribution in [3.63, 3.8) is 0 Å². The van der Waals surface area contributed by atoms with Crippen LogP contribution in [0.15, 0.2) is 67.4 Å². The molecule has 8 nitrogen and oxygen atoms in total. The summed E-state index contributed by atoms with van der Waals surface area (Å²) in [6.07, 6.45) is 5.07. The number of aromatic nitrogens is 3. The van der Waals surface area contributed by atoms with Gasteiger partial charge in [0.1, 0.15) is 17.2 Å². The molecule has 0 bridgehead atoms. The van der Waals surface area contributed by atoms with Gasteiger partial charge in [0, 0.05) is 36.7 Å². The lowest BCUT2D eigenvalue weighted by atomic mass is 9.99. The molecule has 0 aliphatic carbocycles. The predicted molar refractivity (Wildman–Crippen MR) is 140 cm³/mol. The molecular weight excluding hydrogens is 459 g/mol. The molecule has 1 fully saturated rings. The molecule has 5 rings (SSSR count). The number of nitrogens with zero attached hydrogens (tertiary/aromatic N) is 3. The van der Waals surface area contributed by atoms with E-state index >= 15 is 0 Å². The number of rotatable bonds is 7. The normalized spacial score (nSPS) is 14.0. The molecule has 184 valence electrons. The summed E-state index contributed by atoms with van der Waals surface area (Å²) in [4.78, 5) is 25.8. The first-order chi connectivity index (χ1) is 17.5. The van der Waals surface area contributed by atoms with Gasteiger partial charge in [0.2, 0.25) is 17.7 Å². The Morgan fingerprint density at radius 2 is 2.00 bits per heavy atom. The van der Waals surface area contributed by atoms with E-state index in [9.17, 15) is 9.18 Å². The molecule has 0 spiro atoms. The number of aromatic amines is 1. The van der Waals surface area contributed by atoms with E-state index in [1.165, 1.54) is 12.1 Å². The highest BCUT2D eigenvalue weighted by Crippen LogP contribution is 2.32. The lowest BCUT2D eigenvalue weighted by Crippen LogP contribution is -2.33. The third-order valence-electron chi connectivity index (χ3n) is 6.21. The van der Waals surface area contributed by atoms with E-state index in [1.54, 1.807) is 36.5 Å². The van der Waals surface area contributed by atoms with Crippen LogP contribution in [0.3, 0.4) is 0 Å². The van der Waals surface area contributed by atoms with Crippen molar-refractivity contribution in [3.8, 4) is 11.6 Å². The highest BCUT2D eigenvalue weighted by molar-refractivity contribution is 5.99. The zero-order valence-electron chi connectivity index (χ0n) is 19.9. The largest absolute Gasteiger partial charge is 0.438 e. The Morgan fingerprint density at radius 1 is 1.17 bits per heavy atom. The molecule has 0 unspecified atom stereocenters. The van der Waals surface area contributed by atoms with Crippen molar-refractivity contribution < 1.29 is 13.9 Å². The molecule has 1 amide bonds. The fourth-order valence-corrected chi connectivity index (χ4v) is 4.21. The number of piperidine rings is 1. The van der Waals surface area contributed by atoms with Crippen LogP contribution in [0, 0.1) is 11.7 Å². The van der Waals surface area contributed by atoms with Gasteiger partial charge in [-0.05, 0) is 61.2 Å². The maximum Gasteiger partial charge on any atom is 0.247 e. The van der Waals surface area contributed by atoms with Gasteiger partial charge in [-0.25, -0.2) is 4.39 Å². The van der Waals surface area contributed by atoms with Crippen molar-refractivity contribution in [1.29, 1.82) is 0 Å². The van der Waals surface area contributed by atoms with Gasteiger partial charge in [-0.3, -0.25) is 4.79 Å². The van der Waals surface area contributed by atoms with Crippen molar-refractivity contribution in [1.82, 2.24) is 15.0 Å². The lowest BCUT2D eigenvalue weighted by molar-refractivity contribution is -0.111. The average molecular weight is 487 g/mol. The Hall–Kier alpha value is -4.40. The van der Waals surface area contributed by atoms with Crippen LogP contribution in [0.25, 0.3) is 11.0 Å². The number of fused-ring (bicyclic) bond motifs is 1. The summed E-state index contributed by atoms with van der Waals surface area (Å²) in [5.41, 5.74) is 2.28. The molecule has 3 heterocycles. The van der Waals surface area contributed by atoms with Gasteiger partial charge in [0.25, 0.3) is 0 Å². The van der Waals surface area contributed by atoms with Crippen LogP contribution in [0.4, 0.5) is 27.4 Å². The Bertz CT molecular complexity index is 1410. The third kappa shape index (κ3) is 5.14. The molecule has 0 atom stereocenters. The second-order valence-electron chi connectivity index (χ2n) is 8.88. The number of H-pyrrole nitrogens is 1. The molecule has 1 saturated heterocycles. The maximum absolute atomic E-state index is 15.0. The van der Waals surface area contributed by atoms with Gasteiger partial charge >= 0.3 is 0 Å². The predicted octanol–water partition coefficient (Wildman–Crippen LogP) is 5.99. The third-order valence-corrected chi connectivity index (χ3v) is 6.21. The number of hydrogen-bond donors (Lipinski definition) is 3. The molecule has 3 N–H and O–H groups in total. The van der Waals surface area contributed by atoms with Crippen LogP contribution >= 0.6 is 0 Å². The fraction of sp³-hybridized carbons (Fsp3) is 0.222. The molecule has 9 heteroatoms. The zero-order chi connectivity index (χ0) is 25.1. The number of hydrogen-bond acceptors (Lipinski definition) is 6. The number of carbonyl (C=O) groups excluding carboxylic acids is 1. The van der Waals surface area contributed by atoms with Crippen molar-refractivity contribution in [3.05, 3.63) is 73.2 Å². The van der Waals surface area contributed by atoms with Crippen molar-refractivity contribution in [2.45, 2.75) is 19.8 Å². The van der Waals surface area contributed by atoms with Gasteiger partial charge in [-0.15, -0.1) is 0 Å². The topological polar surface area (TPSA) is 95.2 Å². The number of carbonyl (C=O) groups is 1. The lowest BCUT2D eigenvalue weighted by Gasteiger charge is -2.32. The van der Waals surface area contributed by atoms with Gasteiger partial charge in [-0.2, -0.15) is 9.97 Å². The fourth-order valence-electron chi connectivity index (χ4n) is 4.21. The molecule has 0 saturated carbocycles. The highest BCUT2D eigenvalue weighted by Gasteiger charge is 2.19. The molecule has 2 aromatic heterocycles. The first kappa shape index (κ1) is 23.3. The minimum atomic E-state index is -0.318. The molecular formula is C27H27FN6O2. The summed E-state index contributed by atoms with van der Waals surface area (Å²) in [5.74, 6) is 1.13. The summed E-state index contributed by atoms with van der Waals surface area (Å²) in [5, 5.41) is 6.47. The van der Waals surface area contributed by atoms with Gasteiger partial charge < -0.3 is 25.3 Å². The summed E-state index contributed by atoms with van der Waals surface area (Å²) in [6, 6.07) is 13.8. The number of benzene rings is 2. The minimum absolute atomic E-state index is 0.259. The van der Waals surface area contributed by atoms with Gasteiger partial charge in [0.15, 0.2) is 0 Å². The van der Waals surface area contributed by atoms with Gasteiger partial charge in [0.05, 0.1) is 11.1 Å². The average Bonchev–Trinajstić information content (AvgIpc) is 3.34. The van der Waals surface area contributed by atoms with E-state index in [0.29, 0.717) is 45.6 Å². The van der Waals surface area contributed by atoms with Crippen molar-refractivity contribution in [2.24, 2.45) is 5.92 Å². The minimum Gasteiger partial charge on any atom is -0.438 e. The first-order valence-electron chi connectivity index (χ1n) is 11.9. The number of halogens is 1. The first-order valence-corrected chi connectivity index (χ1v) is 11.9. The van der Waals surface area contributed by atoms with E-state index in [1.807, 2.05) is 12.1 Å². The molecule has 2 aromatic carbocycles. The summed E-state index contributed by atoms with van der Waals surface area (Å²) >= 11 is 0. The second kappa shape index (κ2) is 10.1. The SMILES string of the molecule is C=CC(=O)Nc1cccc(Oc2nc(Nc3ccc(N4CCC(C)CC4)c(F)c3)nc3[nH]ccc23)c1. The maximum atomic E-state index is 15.0.